The molecule has 3 aromatic rings. The van der Waals surface area contributed by atoms with E-state index in [9.17, 15) is 4.79 Å². The summed E-state index contributed by atoms with van der Waals surface area (Å²) in [5.41, 5.74) is 1.10. The number of aromatic nitrogens is 3. The van der Waals surface area contributed by atoms with E-state index < -0.39 is 0 Å². The van der Waals surface area contributed by atoms with Crippen LogP contribution in [-0.2, 0) is 0 Å². The normalized spacial score (nSPS) is 10.6. The van der Waals surface area contributed by atoms with Gasteiger partial charge in [-0.3, -0.25) is 4.79 Å². The summed E-state index contributed by atoms with van der Waals surface area (Å²) in [4.78, 5) is 17.4. The summed E-state index contributed by atoms with van der Waals surface area (Å²) < 4.78 is 11.9. The largest absolute Gasteiger partial charge is 0.497 e. The lowest BCUT2D eigenvalue weighted by Crippen LogP contribution is -2.15. The molecule has 0 aliphatic heterocycles. The van der Waals surface area contributed by atoms with Crippen LogP contribution < -0.4 is 9.47 Å². The Balaban J connectivity index is 2.06. The lowest BCUT2D eigenvalue weighted by molar-refractivity contribution is 0.0944. The van der Waals surface area contributed by atoms with Gasteiger partial charge in [0.1, 0.15) is 5.75 Å². The molecule has 1 aromatic heterocycles. The summed E-state index contributed by atoms with van der Waals surface area (Å²) >= 11 is 6.08. The highest BCUT2D eigenvalue weighted by atomic mass is 35.5. The number of nitrogens with zero attached hydrogens (tertiary/aromatic N) is 3. The number of hydrogen-bond donors (Lipinski definition) is 0. The second-order valence-electron chi connectivity index (χ2n) is 5.53. The van der Waals surface area contributed by atoms with Crippen molar-refractivity contribution in [2.75, 3.05) is 13.7 Å². The molecule has 0 atom stereocenters. The van der Waals surface area contributed by atoms with Gasteiger partial charge in [-0.15, -0.1) is 5.10 Å². The number of halogens is 1. The van der Waals surface area contributed by atoms with E-state index in [0.29, 0.717) is 34.3 Å². The fraction of sp³-hybridized carbons (Fsp3) is 0.211. The highest BCUT2D eigenvalue weighted by Gasteiger charge is 2.20. The number of rotatable bonds is 6. The van der Waals surface area contributed by atoms with Crippen LogP contribution >= 0.6 is 11.6 Å². The molecule has 0 spiro atoms. The highest BCUT2D eigenvalue weighted by Crippen LogP contribution is 2.24. The Morgan fingerprint density at radius 3 is 2.73 bits per heavy atom. The Morgan fingerprint density at radius 2 is 2.00 bits per heavy atom. The summed E-state index contributed by atoms with van der Waals surface area (Å²) in [6, 6.07) is 14.1. The Morgan fingerprint density at radius 1 is 1.19 bits per heavy atom. The van der Waals surface area contributed by atoms with Crippen molar-refractivity contribution in [1.29, 1.82) is 0 Å². The van der Waals surface area contributed by atoms with E-state index in [2.05, 4.69) is 10.1 Å². The third-order valence-corrected chi connectivity index (χ3v) is 3.85. The first-order chi connectivity index (χ1) is 12.6. The first kappa shape index (κ1) is 17.9. The van der Waals surface area contributed by atoms with Crippen molar-refractivity contribution in [1.82, 2.24) is 14.8 Å². The topological polar surface area (TPSA) is 66.2 Å². The molecule has 2 aromatic carbocycles. The minimum Gasteiger partial charge on any atom is -0.497 e. The van der Waals surface area contributed by atoms with Crippen molar-refractivity contribution in [2.24, 2.45) is 0 Å². The fourth-order valence-corrected chi connectivity index (χ4v) is 2.57. The lowest BCUT2D eigenvalue weighted by atomic mass is 10.2. The average molecular weight is 372 g/mol. The first-order valence-electron chi connectivity index (χ1n) is 8.17. The van der Waals surface area contributed by atoms with E-state index in [1.807, 2.05) is 13.0 Å². The molecule has 0 saturated carbocycles. The van der Waals surface area contributed by atoms with Gasteiger partial charge in [-0.05, 0) is 36.8 Å². The van der Waals surface area contributed by atoms with Crippen LogP contribution in [0.2, 0.25) is 5.02 Å². The maximum Gasteiger partial charge on any atom is 0.336 e. The van der Waals surface area contributed by atoms with E-state index in [0.717, 1.165) is 6.42 Å². The molecule has 0 unspecified atom stereocenters. The number of carbonyl (C=O) groups is 1. The van der Waals surface area contributed by atoms with E-state index in [1.54, 1.807) is 49.6 Å². The average Bonchev–Trinajstić information content (AvgIpc) is 3.10. The van der Waals surface area contributed by atoms with Crippen LogP contribution in [0.5, 0.6) is 11.8 Å². The van der Waals surface area contributed by atoms with Gasteiger partial charge in [0, 0.05) is 16.1 Å². The Hall–Kier alpha value is -2.86. The van der Waals surface area contributed by atoms with Gasteiger partial charge in [0.25, 0.3) is 5.91 Å². The van der Waals surface area contributed by atoms with Crippen LogP contribution in [0.4, 0.5) is 0 Å². The van der Waals surface area contributed by atoms with Crippen LogP contribution in [0.15, 0.2) is 48.5 Å². The number of hydrogen-bond acceptors (Lipinski definition) is 5. The molecule has 0 aliphatic carbocycles. The summed E-state index contributed by atoms with van der Waals surface area (Å²) in [5, 5.41) is 4.78. The molecule has 1 heterocycles. The molecular formula is C19H18ClN3O3. The van der Waals surface area contributed by atoms with E-state index in [4.69, 9.17) is 21.1 Å². The minimum atomic E-state index is -0.335. The zero-order valence-electron chi connectivity index (χ0n) is 14.5. The fourth-order valence-electron chi connectivity index (χ4n) is 2.38. The molecule has 7 heteroatoms. The first-order valence-corrected chi connectivity index (χ1v) is 8.54. The molecule has 0 bridgehead atoms. The maximum absolute atomic E-state index is 13.0. The van der Waals surface area contributed by atoms with Gasteiger partial charge in [0.15, 0.2) is 5.82 Å². The summed E-state index contributed by atoms with van der Waals surface area (Å²) in [5.74, 6) is 0.617. The molecule has 6 nitrogen and oxygen atoms in total. The van der Waals surface area contributed by atoms with Gasteiger partial charge >= 0.3 is 6.01 Å². The molecule has 0 aliphatic rings. The van der Waals surface area contributed by atoms with Gasteiger partial charge in [-0.1, -0.05) is 36.7 Å². The number of benzene rings is 2. The molecule has 0 fully saturated rings. The Kier molecular flexibility index (Phi) is 5.53. The predicted octanol–water partition coefficient (Wildman–Crippen LogP) is 4.08. The molecule has 0 amide bonds. The molecule has 0 saturated heterocycles. The molecule has 3 rings (SSSR count). The zero-order chi connectivity index (χ0) is 18.5. The molecular weight excluding hydrogens is 354 g/mol. The van der Waals surface area contributed by atoms with Crippen molar-refractivity contribution in [3.05, 3.63) is 59.1 Å². The standard InChI is InChI=1S/C19H18ClN3O3/c1-3-10-26-19-21-17(13-6-4-8-15(20)11-13)23(22-19)18(24)14-7-5-9-16(12-14)25-2/h4-9,11-12H,3,10H2,1-2H3. The van der Waals surface area contributed by atoms with Crippen LogP contribution in [0, 0.1) is 0 Å². The van der Waals surface area contributed by atoms with Crippen molar-refractivity contribution in [2.45, 2.75) is 13.3 Å². The van der Waals surface area contributed by atoms with Crippen molar-refractivity contribution in [3.63, 3.8) is 0 Å². The third-order valence-electron chi connectivity index (χ3n) is 3.61. The summed E-state index contributed by atoms with van der Waals surface area (Å²) in [7, 11) is 1.55. The van der Waals surface area contributed by atoms with E-state index >= 15 is 0 Å². The Bertz CT molecular complexity index is 924. The van der Waals surface area contributed by atoms with Crippen LogP contribution in [0.3, 0.4) is 0 Å². The van der Waals surface area contributed by atoms with Crippen LogP contribution in [-0.4, -0.2) is 34.4 Å². The zero-order valence-corrected chi connectivity index (χ0v) is 15.2. The second kappa shape index (κ2) is 8.01. The van der Waals surface area contributed by atoms with Gasteiger partial charge in [-0.2, -0.15) is 9.67 Å². The SMILES string of the molecule is CCCOc1nc(-c2cccc(Cl)c2)n(C(=O)c2cccc(OC)c2)n1. The van der Waals surface area contributed by atoms with Gasteiger partial charge in [-0.25, -0.2) is 0 Å². The van der Waals surface area contributed by atoms with Crippen LogP contribution in [0.1, 0.15) is 23.7 Å². The molecule has 0 radical (unpaired) electrons. The van der Waals surface area contributed by atoms with E-state index in [-0.39, 0.29) is 11.9 Å². The Labute approximate surface area is 156 Å². The van der Waals surface area contributed by atoms with Crippen LogP contribution in [0.25, 0.3) is 11.4 Å². The third kappa shape index (κ3) is 3.86. The lowest BCUT2D eigenvalue weighted by Gasteiger charge is -2.06. The number of carbonyl (C=O) groups excluding carboxylic acids is 1. The number of methoxy groups -OCH3 is 1. The molecule has 134 valence electrons. The smallest absolute Gasteiger partial charge is 0.336 e. The monoisotopic (exact) mass is 371 g/mol. The quantitative estimate of drug-likeness (QED) is 0.653. The van der Waals surface area contributed by atoms with Crippen molar-refractivity contribution < 1.29 is 14.3 Å². The minimum absolute atomic E-state index is 0.151. The molecule has 0 N–H and O–H groups in total. The van der Waals surface area contributed by atoms with Gasteiger partial charge < -0.3 is 9.47 Å². The second-order valence-corrected chi connectivity index (χ2v) is 5.96. The van der Waals surface area contributed by atoms with Crippen molar-refractivity contribution in [3.8, 4) is 23.1 Å². The summed E-state index contributed by atoms with van der Waals surface area (Å²) in [6.07, 6.45) is 0.810. The molecule has 26 heavy (non-hydrogen) atoms. The predicted molar refractivity (Wildman–Crippen MR) is 99.0 cm³/mol. The van der Waals surface area contributed by atoms with Crippen molar-refractivity contribution >= 4 is 17.5 Å². The number of ether oxygens (including phenoxy) is 2. The maximum atomic E-state index is 13.0. The van der Waals surface area contributed by atoms with E-state index in [1.165, 1.54) is 4.68 Å². The van der Waals surface area contributed by atoms with Gasteiger partial charge in [0.05, 0.1) is 13.7 Å². The summed E-state index contributed by atoms with van der Waals surface area (Å²) in [6.45, 7) is 2.45. The van der Waals surface area contributed by atoms with Gasteiger partial charge in [0.2, 0.25) is 0 Å². The highest BCUT2D eigenvalue weighted by molar-refractivity contribution is 6.30.